The van der Waals surface area contributed by atoms with Crippen LogP contribution in [0.5, 0.6) is 0 Å². The van der Waals surface area contributed by atoms with Crippen molar-refractivity contribution in [3.05, 3.63) is 71.5 Å². The van der Waals surface area contributed by atoms with Gasteiger partial charge in [-0.3, -0.25) is 4.79 Å². The van der Waals surface area contributed by atoms with E-state index in [9.17, 15) is 9.59 Å². The number of rotatable bonds is 8. The van der Waals surface area contributed by atoms with Gasteiger partial charge in [-0.05, 0) is 43.9 Å². The Labute approximate surface area is 180 Å². The Morgan fingerprint density at radius 1 is 1.13 bits per heavy atom. The molecule has 0 spiro atoms. The van der Waals surface area contributed by atoms with Crippen molar-refractivity contribution in [2.75, 3.05) is 13.7 Å². The molecule has 1 aliphatic carbocycles. The summed E-state index contributed by atoms with van der Waals surface area (Å²) in [5, 5.41) is 0.787. The highest BCUT2D eigenvalue weighted by atomic mass is 16.5. The zero-order chi connectivity index (χ0) is 21.6. The minimum Gasteiger partial charge on any atom is -0.467 e. The second kappa shape index (κ2) is 9.66. The van der Waals surface area contributed by atoms with Crippen LogP contribution in [0.15, 0.2) is 63.3 Å². The highest BCUT2D eigenvalue weighted by Crippen LogP contribution is 2.27. The first-order valence-corrected chi connectivity index (χ1v) is 10.4. The maximum Gasteiger partial charge on any atom is 0.375 e. The van der Waals surface area contributed by atoms with E-state index in [1.807, 2.05) is 24.3 Å². The molecule has 0 bridgehead atoms. The molecule has 7 heteroatoms. The van der Waals surface area contributed by atoms with Gasteiger partial charge in [0, 0.05) is 23.8 Å². The first kappa shape index (κ1) is 20.9. The summed E-state index contributed by atoms with van der Waals surface area (Å²) in [6.07, 6.45) is 7.51. The van der Waals surface area contributed by atoms with Gasteiger partial charge in [-0.2, -0.15) is 0 Å². The van der Waals surface area contributed by atoms with Gasteiger partial charge in [0.15, 0.2) is 6.61 Å². The maximum absolute atomic E-state index is 13.0. The van der Waals surface area contributed by atoms with Crippen LogP contribution in [0.25, 0.3) is 11.0 Å². The first-order valence-electron chi connectivity index (χ1n) is 10.4. The number of nitrogens with zero attached hydrogens (tertiary/aromatic N) is 1. The minimum atomic E-state index is -0.688. The zero-order valence-electron chi connectivity index (χ0n) is 17.5. The molecule has 1 aliphatic rings. The van der Waals surface area contributed by atoms with E-state index in [2.05, 4.69) is 6.08 Å². The number of amides is 1. The Kier molecular flexibility index (Phi) is 6.52. The SMILES string of the molecule is COCc1c(C(=O)OCC(=O)N(Cc2ccco2)C2=CCCCC2)oc2ccccc12. The quantitative estimate of drug-likeness (QED) is 0.483. The number of carbonyl (C=O) groups is 2. The molecule has 0 saturated carbocycles. The van der Waals surface area contributed by atoms with Gasteiger partial charge in [0.2, 0.25) is 5.76 Å². The first-order chi connectivity index (χ1) is 15.2. The zero-order valence-corrected chi connectivity index (χ0v) is 17.5. The van der Waals surface area contributed by atoms with Crippen LogP contribution < -0.4 is 0 Å². The summed E-state index contributed by atoms with van der Waals surface area (Å²) in [4.78, 5) is 27.4. The predicted octanol–water partition coefficient (Wildman–Crippen LogP) is 4.82. The summed E-state index contributed by atoms with van der Waals surface area (Å²) in [5.41, 5.74) is 2.12. The molecule has 2 aromatic heterocycles. The average molecular weight is 423 g/mol. The Morgan fingerprint density at radius 3 is 2.74 bits per heavy atom. The highest BCUT2D eigenvalue weighted by Gasteiger charge is 2.25. The van der Waals surface area contributed by atoms with E-state index in [0.717, 1.165) is 36.8 Å². The molecule has 0 saturated heterocycles. The molecule has 3 aromatic rings. The molecule has 0 N–H and O–H groups in total. The third-order valence-electron chi connectivity index (χ3n) is 5.31. The summed E-state index contributed by atoms with van der Waals surface area (Å²) >= 11 is 0. The molecule has 4 rings (SSSR count). The number of hydrogen-bond acceptors (Lipinski definition) is 6. The molecule has 0 radical (unpaired) electrons. The van der Waals surface area contributed by atoms with Gasteiger partial charge >= 0.3 is 5.97 Å². The van der Waals surface area contributed by atoms with Crippen molar-refractivity contribution in [3.8, 4) is 0 Å². The van der Waals surface area contributed by atoms with Crippen molar-refractivity contribution in [1.82, 2.24) is 4.90 Å². The summed E-state index contributed by atoms with van der Waals surface area (Å²) in [6.45, 7) is 0.113. The van der Waals surface area contributed by atoms with Crippen LogP contribution in [0.4, 0.5) is 0 Å². The number of benzene rings is 1. The van der Waals surface area contributed by atoms with Crippen molar-refractivity contribution in [1.29, 1.82) is 0 Å². The smallest absolute Gasteiger partial charge is 0.375 e. The lowest BCUT2D eigenvalue weighted by Crippen LogP contribution is -2.34. The number of hydrogen-bond donors (Lipinski definition) is 0. The number of esters is 1. The molecule has 162 valence electrons. The van der Waals surface area contributed by atoms with Crippen molar-refractivity contribution >= 4 is 22.8 Å². The van der Waals surface area contributed by atoms with Gasteiger partial charge in [-0.25, -0.2) is 4.79 Å². The van der Waals surface area contributed by atoms with Gasteiger partial charge in [0.05, 0.1) is 19.4 Å². The van der Waals surface area contributed by atoms with Crippen molar-refractivity contribution in [2.45, 2.75) is 38.8 Å². The van der Waals surface area contributed by atoms with Crippen molar-refractivity contribution < 1.29 is 27.9 Å². The van der Waals surface area contributed by atoms with Crippen LogP contribution in [-0.2, 0) is 27.4 Å². The number of ether oxygens (including phenoxy) is 2. The highest BCUT2D eigenvalue weighted by molar-refractivity contribution is 5.97. The number of methoxy groups -OCH3 is 1. The lowest BCUT2D eigenvalue weighted by Gasteiger charge is -2.26. The lowest BCUT2D eigenvalue weighted by atomic mass is 10.0. The predicted molar refractivity (Wildman–Crippen MR) is 113 cm³/mol. The topological polar surface area (TPSA) is 82.1 Å². The van der Waals surface area contributed by atoms with E-state index in [4.69, 9.17) is 18.3 Å². The van der Waals surface area contributed by atoms with Crippen molar-refractivity contribution in [3.63, 3.8) is 0 Å². The number of carbonyl (C=O) groups excluding carboxylic acids is 2. The van der Waals surface area contributed by atoms with Crippen LogP contribution in [0.1, 0.15) is 47.6 Å². The van der Waals surface area contributed by atoms with E-state index < -0.39 is 5.97 Å². The monoisotopic (exact) mass is 423 g/mol. The molecule has 2 heterocycles. The molecule has 1 amide bonds. The third-order valence-corrected chi connectivity index (χ3v) is 5.31. The van der Waals surface area contributed by atoms with E-state index in [1.54, 1.807) is 30.4 Å². The van der Waals surface area contributed by atoms with Crippen LogP contribution in [0, 0.1) is 0 Å². The molecular weight excluding hydrogens is 398 g/mol. The molecule has 31 heavy (non-hydrogen) atoms. The van der Waals surface area contributed by atoms with Crippen molar-refractivity contribution in [2.24, 2.45) is 0 Å². The van der Waals surface area contributed by atoms with Crippen LogP contribution in [0.2, 0.25) is 0 Å². The fraction of sp³-hybridized carbons (Fsp3) is 0.333. The third kappa shape index (κ3) is 4.72. The Morgan fingerprint density at radius 2 is 2.00 bits per heavy atom. The summed E-state index contributed by atoms with van der Waals surface area (Å²) in [6, 6.07) is 10.9. The molecule has 0 aliphatic heterocycles. The van der Waals surface area contributed by atoms with E-state index in [-0.39, 0.29) is 24.9 Å². The Hall–Kier alpha value is -3.32. The second-order valence-corrected chi connectivity index (χ2v) is 7.42. The minimum absolute atomic E-state index is 0.0605. The number of fused-ring (bicyclic) bond motifs is 1. The number of furan rings is 2. The molecule has 0 atom stereocenters. The fourth-order valence-corrected chi connectivity index (χ4v) is 3.80. The van der Waals surface area contributed by atoms with Gasteiger partial charge in [0.1, 0.15) is 11.3 Å². The number of para-hydroxylation sites is 1. The standard InChI is InChI=1S/C24H25NO6/c1-28-15-20-19-11-5-6-12-21(19)31-23(20)24(27)30-16-22(26)25(14-18-10-7-13-29-18)17-8-3-2-4-9-17/h5-8,10-13H,2-4,9,14-16H2,1H3. The van der Waals surface area contributed by atoms with Crippen LogP contribution >= 0.6 is 0 Å². The lowest BCUT2D eigenvalue weighted by molar-refractivity contribution is -0.133. The van der Waals surface area contributed by atoms with Crippen LogP contribution in [0.3, 0.4) is 0 Å². The molecule has 0 unspecified atom stereocenters. The summed E-state index contributed by atoms with van der Waals surface area (Å²) < 4.78 is 21.7. The van der Waals surface area contributed by atoms with E-state index in [0.29, 0.717) is 23.5 Å². The van der Waals surface area contributed by atoms with Gasteiger partial charge in [0.25, 0.3) is 5.91 Å². The molecular formula is C24H25NO6. The van der Waals surface area contributed by atoms with E-state index in [1.165, 1.54) is 0 Å². The Bertz CT molecular complexity index is 1080. The number of allylic oxidation sites excluding steroid dienone is 2. The Balaban J connectivity index is 1.49. The van der Waals surface area contributed by atoms with Crippen LogP contribution in [-0.4, -0.2) is 30.5 Å². The normalized spacial score (nSPS) is 13.8. The molecule has 7 nitrogen and oxygen atoms in total. The molecule has 0 fully saturated rings. The summed E-state index contributed by atoms with van der Waals surface area (Å²) in [5.74, 6) is -0.259. The largest absolute Gasteiger partial charge is 0.467 e. The van der Waals surface area contributed by atoms with Gasteiger partial charge in [-0.15, -0.1) is 0 Å². The second-order valence-electron chi connectivity index (χ2n) is 7.42. The van der Waals surface area contributed by atoms with Gasteiger partial charge < -0.3 is 23.2 Å². The maximum atomic E-state index is 13.0. The molecule has 1 aromatic carbocycles. The van der Waals surface area contributed by atoms with E-state index >= 15 is 0 Å². The fourth-order valence-electron chi connectivity index (χ4n) is 3.80. The summed E-state index contributed by atoms with van der Waals surface area (Å²) in [7, 11) is 1.55. The van der Waals surface area contributed by atoms with Gasteiger partial charge in [-0.1, -0.05) is 24.3 Å². The average Bonchev–Trinajstić information content (AvgIpc) is 3.45.